The van der Waals surface area contributed by atoms with Crippen LogP contribution in [0.5, 0.6) is 0 Å². The van der Waals surface area contributed by atoms with Crippen LogP contribution >= 0.6 is 11.6 Å². The van der Waals surface area contributed by atoms with E-state index in [9.17, 15) is 13.6 Å². The summed E-state index contributed by atoms with van der Waals surface area (Å²) < 4.78 is 25.1. The monoisotopic (exact) mass is 247 g/mol. The van der Waals surface area contributed by atoms with Crippen LogP contribution < -0.4 is 5.73 Å². The van der Waals surface area contributed by atoms with Crippen molar-refractivity contribution in [1.29, 1.82) is 0 Å². The number of Topliss-reactive ketones (excluding diaryl/α,β-unsaturated/α-hetero) is 1. The molecule has 0 aliphatic heterocycles. The van der Waals surface area contributed by atoms with E-state index in [-0.39, 0.29) is 17.0 Å². The van der Waals surface area contributed by atoms with Gasteiger partial charge in [-0.15, -0.1) is 0 Å². The molecule has 0 aliphatic carbocycles. The number of rotatable bonds is 4. The highest BCUT2D eigenvalue weighted by Crippen LogP contribution is 2.24. The first-order chi connectivity index (χ1) is 7.29. The van der Waals surface area contributed by atoms with Crippen LogP contribution in [0.2, 0.25) is 5.02 Å². The Labute approximate surface area is 97.4 Å². The molecule has 88 valence electrons. The number of ketones is 1. The molecule has 0 fully saturated rings. The number of nitrogens with two attached hydrogens (primary N) is 1. The maximum absolute atomic E-state index is 12.6. The minimum atomic E-state index is -2.84. The van der Waals surface area contributed by atoms with Crippen molar-refractivity contribution in [3.8, 4) is 0 Å². The zero-order valence-corrected chi connectivity index (χ0v) is 9.52. The largest absolute Gasteiger partial charge is 0.399 e. The molecule has 0 saturated carbocycles. The molecule has 16 heavy (non-hydrogen) atoms. The SMILES string of the molecule is CC(F)(F)CCC(=O)c1cc(N)ccc1Cl. The van der Waals surface area contributed by atoms with Gasteiger partial charge in [-0.25, -0.2) is 8.78 Å². The summed E-state index contributed by atoms with van der Waals surface area (Å²) in [5.74, 6) is -3.26. The van der Waals surface area contributed by atoms with Crippen LogP contribution in [0.25, 0.3) is 0 Å². The Morgan fingerprint density at radius 1 is 1.50 bits per heavy atom. The van der Waals surface area contributed by atoms with E-state index in [1.807, 2.05) is 0 Å². The molecule has 0 heterocycles. The molecule has 1 aromatic carbocycles. The fourth-order valence-corrected chi connectivity index (χ4v) is 1.45. The second-order valence-corrected chi connectivity index (χ2v) is 4.14. The zero-order chi connectivity index (χ0) is 12.3. The van der Waals surface area contributed by atoms with Crippen molar-refractivity contribution in [2.45, 2.75) is 25.7 Å². The molecule has 0 amide bonds. The van der Waals surface area contributed by atoms with Crippen molar-refractivity contribution in [2.75, 3.05) is 5.73 Å². The summed E-state index contributed by atoms with van der Waals surface area (Å²) in [7, 11) is 0. The lowest BCUT2D eigenvalue weighted by Crippen LogP contribution is -2.12. The number of alkyl halides is 2. The van der Waals surface area contributed by atoms with Gasteiger partial charge in [0.05, 0.1) is 5.02 Å². The summed E-state index contributed by atoms with van der Waals surface area (Å²) in [6.45, 7) is 0.779. The molecule has 0 unspecified atom stereocenters. The maximum atomic E-state index is 12.6. The summed E-state index contributed by atoms with van der Waals surface area (Å²) in [6, 6.07) is 4.43. The van der Waals surface area contributed by atoms with Crippen LogP contribution in [0, 0.1) is 0 Å². The van der Waals surface area contributed by atoms with Crippen LogP contribution in [0.1, 0.15) is 30.1 Å². The van der Waals surface area contributed by atoms with Crippen molar-refractivity contribution in [3.63, 3.8) is 0 Å². The maximum Gasteiger partial charge on any atom is 0.245 e. The van der Waals surface area contributed by atoms with Gasteiger partial charge in [-0.1, -0.05) is 11.6 Å². The van der Waals surface area contributed by atoms with Gasteiger partial charge in [-0.3, -0.25) is 4.79 Å². The Balaban J connectivity index is 2.77. The first-order valence-corrected chi connectivity index (χ1v) is 5.13. The lowest BCUT2D eigenvalue weighted by molar-refractivity contribution is 0.0113. The van der Waals surface area contributed by atoms with E-state index in [2.05, 4.69) is 0 Å². The van der Waals surface area contributed by atoms with E-state index < -0.39 is 18.1 Å². The van der Waals surface area contributed by atoms with Crippen LogP contribution in [0.3, 0.4) is 0 Å². The van der Waals surface area contributed by atoms with Gasteiger partial charge in [-0.2, -0.15) is 0 Å². The van der Waals surface area contributed by atoms with Gasteiger partial charge >= 0.3 is 0 Å². The Morgan fingerprint density at radius 3 is 2.69 bits per heavy atom. The van der Waals surface area contributed by atoms with Crippen LogP contribution in [-0.4, -0.2) is 11.7 Å². The number of halogens is 3. The lowest BCUT2D eigenvalue weighted by atomic mass is 10.0. The third-order valence-corrected chi connectivity index (χ3v) is 2.41. The molecule has 0 saturated heterocycles. The van der Waals surface area contributed by atoms with Gasteiger partial charge in [0.2, 0.25) is 5.92 Å². The van der Waals surface area contributed by atoms with E-state index in [0.29, 0.717) is 5.69 Å². The average Bonchev–Trinajstić information content (AvgIpc) is 2.17. The standard InChI is InChI=1S/C11H12ClF2NO/c1-11(13,14)5-4-10(16)8-6-7(15)2-3-9(8)12/h2-3,6H,4-5,15H2,1H3. The molecule has 0 aromatic heterocycles. The van der Waals surface area contributed by atoms with E-state index in [1.54, 1.807) is 6.07 Å². The quantitative estimate of drug-likeness (QED) is 0.653. The van der Waals surface area contributed by atoms with Gasteiger partial charge in [0.15, 0.2) is 5.78 Å². The molecule has 0 bridgehead atoms. The van der Waals surface area contributed by atoms with Crippen LogP contribution in [0.15, 0.2) is 18.2 Å². The highest BCUT2D eigenvalue weighted by Gasteiger charge is 2.23. The first-order valence-electron chi connectivity index (χ1n) is 4.75. The van der Waals surface area contributed by atoms with Gasteiger partial charge in [-0.05, 0) is 25.1 Å². The number of hydrogen-bond donors (Lipinski definition) is 1. The Kier molecular flexibility index (Phi) is 3.86. The number of nitrogen functional groups attached to an aromatic ring is 1. The smallest absolute Gasteiger partial charge is 0.245 e. The Morgan fingerprint density at radius 2 is 2.12 bits per heavy atom. The predicted molar refractivity (Wildman–Crippen MR) is 60.0 cm³/mol. The molecule has 0 atom stereocenters. The summed E-state index contributed by atoms with van der Waals surface area (Å²) in [4.78, 5) is 11.6. The normalized spacial score (nSPS) is 11.5. The molecule has 2 N–H and O–H groups in total. The van der Waals surface area contributed by atoms with Crippen molar-refractivity contribution in [2.24, 2.45) is 0 Å². The molecule has 1 aromatic rings. The number of hydrogen-bond acceptors (Lipinski definition) is 2. The summed E-state index contributed by atoms with van der Waals surface area (Å²) >= 11 is 5.78. The number of anilines is 1. The van der Waals surface area contributed by atoms with Crippen molar-refractivity contribution < 1.29 is 13.6 Å². The average molecular weight is 248 g/mol. The van der Waals surface area contributed by atoms with Crippen LogP contribution in [-0.2, 0) is 0 Å². The molecule has 1 rings (SSSR count). The predicted octanol–water partition coefficient (Wildman–Crippen LogP) is 3.54. The fraction of sp³-hybridized carbons (Fsp3) is 0.364. The molecule has 0 spiro atoms. The van der Waals surface area contributed by atoms with Gasteiger partial charge in [0.1, 0.15) is 0 Å². The topological polar surface area (TPSA) is 43.1 Å². The van der Waals surface area contributed by atoms with E-state index in [1.165, 1.54) is 12.1 Å². The molecular weight excluding hydrogens is 236 g/mol. The zero-order valence-electron chi connectivity index (χ0n) is 8.77. The molecule has 5 heteroatoms. The van der Waals surface area contributed by atoms with Gasteiger partial charge in [0, 0.05) is 24.1 Å². The molecule has 0 radical (unpaired) electrons. The summed E-state index contributed by atoms with van der Waals surface area (Å²) in [5, 5.41) is 0.235. The fourth-order valence-electron chi connectivity index (χ4n) is 1.22. The van der Waals surface area contributed by atoms with E-state index >= 15 is 0 Å². The number of carbonyl (C=O) groups excluding carboxylic acids is 1. The van der Waals surface area contributed by atoms with Gasteiger partial charge < -0.3 is 5.73 Å². The highest BCUT2D eigenvalue weighted by molar-refractivity contribution is 6.34. The molecule has 2 nitrogen and oxygen atoms in total. The van der Waals surface area contributed by atoms with Crippen LogP contribution in [0.4, 0.5) is 14.5 Å². The summed E-state index contributed by atoms with van der Waals surface area (Å²) in [5.41, 5.74) is 6.07. The minimum Gasteiger partial charge on any atom is -0.399 e. The highest BCUT2D eigenvalue weighted by atomic mass is 35.5. The molecular formula is C11H12ClF2NO. The number of benzene rings is 1. The third kappa shape index (κ3) is 3.77. The first kappa shape index (κ1) is 12.9. The Hall–Kier alpha value is -1.16. The number of carbonyl (C=O) groups is 1. The third-order valence-electron chi connectivity index (χ3n) is 2.08. The van der Waals surface area contributed by atoms with E-state index in [0.717, 1.165) is 6.92 Å². The Bertz CT molecular complexity index is 401. The van der Waals surface area contributed by atoms with E-state index in [4.69, 9.17) is 17.3 Å². The van der Waals surface area contributed by atoms with Gasteiger partial charge in [0.25, 0.3) is 0 Å². The molecule has 0 aliphatic rings. The van der Waals surface area contributed by atoms with Crippen molar-refractivity contribution in [3.05, 3.63) is 28.8 Å². The lowest BCUT2D eigenvalue weighted by Gasteiger charge is -2.09. The minimum absolute atomic E-state index is 0.200. The second kappa shape index (κ2) is 4.78. The summed E-state index contributed by atoms with van der Waals surface area (Å²) in [6.07, 6.45) is -0.733. The second-order valence-electron chi connectivity index (χ2n) is 3.73. The van der Waals surface area contributed by atoms with Crippen molar-refractivity contribution in [1.82, 2.24) is 0 Å². The van der Waals surface area contributed by atoms with Crippen molar-refractivity contribution >= 4 is 23.1 Å².